The number of anilines is 2. The Morgan fingerprint density at radius 2 is 1.59 bits per heavy atom. The summed E-state index contributed by atoms with van der Waals surface area (Å²) >= 11 is 0. The van der Waals surface area contributed by atoms with Crippen LogP contribution < -0.4 is 10.6 Å². The van der Waals surface area contributed by atoms with E-state index in [2.05, 4.69) is 17.2 Å². The van der Waals surface area contributed by atoms with Crippen molar-refractivity contribution in [2.45, 2.75) is 6.18 Å². The minimum absolute atomic E-state index is 0.137. The Hall–Kier alpha value is -3.29. The van der Waals surface area contributed by atoms with Gasteiger partial charge in [-0.05, 0) is 18.2 Å². The van der Waals surface area contributed by atoms with Crippen molar-refractivity contribution in [2.24, 2.45) is 0 Å². The summed E-state index contributed by atoms with van der Waals surface area (Å²) in [5.41, 5.74) is 1.86. The molecule has 0 bridgehead atoms. The number of fused-ring (bicyclic) bond motifs is 1. The summed E-state index contributed by atoms with van der Waals surface area (Å²) in [4.78, 5) is 26.0. The van der Waals surface area contributed by atoms with Gasteiger partial charge in [-0.25, -0.2) is 0 Å². The maximum atomic E-state index is 12.4. The molecule has 0 unspecified atom stereocenters. The Balaban J connectivity index is 1.69. The lowest BCUT2D eigenvalue weighted by Crippen LogP contribution is -2.33. The molecular weight excluding hydrogens is 359 g/mol. The minimum Gasteiger partial charge on any atom is -0.375 e. The first kappa shape index (κ1) is 18.5. The van der Waals surface area contributed by atoms with Crippen LogP contribution in [0.1, 0.15) is 15.9 Å². The Labute approximate surface area is 153 Å². The third-order valence-electron chi connectivity index (χ3n) is 4.02. The highest BCUT2D eigenvalue weighted by Gasteiger charge is 2.32. The molecule has 1 heterocycles. The highest BCUT2D eigenvalue weighted by molar-refractivity contribution is 6.11. The SMILES string of the molecule is C=C1c2ccccc2C(=O)N1CC(=O)Nc1ccccc1NCC(F)(F)F. The number of hydrogen-bond acceptors (Lipinski definition) is 3. The van der Waals surface area contributed by atoms with Gasteiger partial charge in [0.2, 0.25) is 5.91 Å². The van der Waals surface area contributed by atoms with E-state index >= 15 is 0 Å². The van der Waals surface area contributed by atoms with Crippen molar-refractivity contribution < 1.29 is 22.8 Å². The topological polar surface area (TPSA) is 61.4 Å². The number of para-hydroxylation sites is 2. The molecule has 0 atom stereocenters. The van der Waals surface area contributed by atoms with E-state index in [-0.39, 0.29) is 23.8 Å². The first-order valence-corrected chi connectivity index (χ1v) is 8.06. The average molecular weight is 375 g/mol. The van der Waals surface area contributed by atoms with E-state index in [1.165, 1.54) is 17.0 Å². The van der Waals surface area contributed by atoms with Crippen molar-refractivity contribution >= 4 is 28.9 Å². The van der Waals surface area contributed by atoms with Crippen LogP contribution in [0.2, 0.25) is 0 Å². The van der Waals surface area contributed by atoms with E-state index < -0.39 is 18.6 Å². The van der Waals surface area contributed by atoms with E-state index in [0.29, 0.717) is 16.8 Å². The fourth-order valence-electron chi connectivity index (χ4n) is 2.78. The van der Waals surface area contributed by atoms with Gasteiger partial charge in [-0.1, -0.05) is 36.9 Å². The van der Waals surface area contributed by atoms with Gasteiger partial charge in [0.15, 0.2) is 0 Å². The Morgan fingerprint density at radius 3 is 2.22 bits per heavy atom. The van der Waals surface area contributed by atoms with Gasteiger partial charge >= 0.3 is 6.18 Å². The Kier molecular flexibility index (Phi) is 4.89. The van der Waals surface area contributed by atoms with Crippen LogP contribution in [-0.4, -0.2) is 36.0 Å². The second kappa shape index (κ2) is 7.14. The molecular formula is C19H16F3N3O2. The number of nitrogens with zero attached hydrogens (tertiary/aromatic N) is 1. The van der Waals surface area contributed by atoms with Gasteiger partial charge in [0.05, 0.1) is 11.4 Å². The van der Waals surface area contributed by atoms with E-state index in [1.807, 2.05) is 0 Å². The van der Waals surface area contributed by atoms with Gasteiger partial charge in [0, 0.05) is 16.8 Å². The highest BCUT2D eigenvalue weighted by Crippen LogP contribution is 2.31. The predicted molar refractivity (Wildman–Crippen MR) is 96.1 cm³/mol. The average Bonchev–Trinajstić information content (AvgIpc) is 2.86. The summed E-state index contributed by atoms with van der Waals surface area (Å²) in [6.07, 6.45) is -4.39. The number of alkyl halides is 3. The number of halogens is 3. The molecule has 0 aliphatic carbocycles. The first-order chi connectivity index (χ1) is 12.8. The highest BCUT2D eigenvalue weighted by atomic mass is 19.4. The smallest absolute Gasteiger partial charge is 0.375 e. The van der Waals surface area contributed by atoms with Crippen molar-refractivity contribution in [3.05, 3.63) is 66.2 Å². The van der Waals surface area contributed by atoms with Crippen LogP contribution in [0, 0.1) is 0 Å². The summed E-state index contributed by atoms with van der Waals surface area (Å²) in [7, 11) is 0. The minimum atomic E-state index is -4.39. The molecule has 1 aliphatic rings. The number of nitrogens with one attached hydrogen (secondary N) is 2. The van der Waals surface area contributed by atoms with Gasteiger partial charge in [-0.3, -0.25) is 14.5 Å². The molecule has 2 aromatic rings. The molecule has 0 saturated carbocycles. The number of benzene rings is 2. The lowest BCUT2D eigenvalue weighted by atomic mass is 10.1. The van der Waals surface area contributed by atoms with Crippen LogP contribution in [0.15, 0.2) is 55.1 Å². The number of hydrogen-bond donors (Lipinski definition) is 2. The molecule has 2 N–H and O–H groups in total. The molecule has 0 saturated heterocycles. The largest absolute Gasteiger partial charge is 0.405 e. The maximum Gasteiger partial charge on any atom is 0.405 e. The number of carbonyl (C=O) groups excluding carboxylic acids is 2. The number of amides is 2. The third kappa shape index (κ3) is 4.11. The lowest BCUT2D eigenvalue weighted by molar-refractivity contribution is -0.116. The van der Waals surface area contributed by atoms with Crippen LogP contribution in [0.5, 0.6) is 0 Å². The number of carbonyl (C=O) groups is 2. The summed E-state index contributed by atoms with van der Waals surface area (Å²) in [6.45, 7) is 2.33. The second-order valence-electron chi connectivity index (χ2n) is 5.95. The molecule has 5 nitrogen and oxygen atoms in total. The second-order valence-corrected chi connectivity index (χ2v) is 5.95. The zero-order valence-electron chi connectivity index (χ0n) is 14.1. The fraction of sp³-hybridized carbons (Fsp3) is 0.158. The Bertz CT molecular complexity index is 874. The molecule has 140 valence electrons. The zero-order chi connectivity index (χ0) is 19.6. The molecule has 0 aromatic heterocycles. The van der Waals surface area contributed by atoms with Gasteiger partial charge in [0.25, 0.3) is 5.91 Å². The van der Waals surface area contributed by atoms with Crippen LogP contribution in [0.3, 0.4) is 0 Å². The van der Waals surface area contributed by atoms with E-state index in [4.69, 9.17) is 0 Å². The molecule has 0 radical (unpaired) electrons. The van der Waals surface area contributed by atoms with E-state index in [1.54, 1.807) is 36.4 Å². The van der Waals surface area contributed by atoms with Crippen molar-refractivity contribution in [3.63, 3.8) is 0 Å². The molecule has 2 amide bonds. The quantitative estimate of drug-likeness (QED) is 0.837. The number of rotatable bonds is 5. The summed E-state index contributed by atoms with van der Waals surface area (Å²) < 4.78 is 37.3. The fourth-order valence-corrected chi connectivity index (χ4v) is 2.78. The van der Waals surface area contributed by atoms with Crippen LogP contribution >= 0.6 is 0 Å². The molecule has 1 aliphatic heterocycles. The third-order valence-corrected chi connectivity index (χ3v) is 4.02. The lowest BCUT2D eigenvalue weighted by Gasteiger charge is -2.18. The molecule has 3 rings (SSSR count). The van der Waals surface area contributed by atoms with Crippen LogP contribution in [-0.2, 0) is 4.79 Å². The van der Waals surface area contributed by atoms with Crippen molar-refractivity contribution in [3.8, 4) is 0 Å². The van der Waals surface area contributed by atoms with Gasteiger partial charge in [-0.2, -0.15) is 13.2 Å². The molecule has 8 heteroatoms. The van der Waals surface area contributed by atoms with Gasteiger partial charge < -0.3 is 10.6 Å². The van der Waals surface area contributed by atoms with Gasteiger partial charge in [-0.15, -0.1) is 0 Å². The van der Waals surface area contributed by atoms with Gasteiger partial charge in [0.1, 0.15) is 13.1 Å². The van der Waals surface area contributed by atoms with Crippen LogP contribution in [0.4, 0.5) is 24.5 Å². The molecule has 0 fully saturated rings. The summed E-state index contributed by atoms with van der Waals surface area (Å²) in [6, 6.07) is 12.9. The molecule has 27 heavy (non-hydrogen) atoms. The standard InChI is InChI=1S/C19H16F3N3O2/c1-12-13-6-2-3-7-14(13)18(27)25(12)10-17(26)24-16-9-5-4-8-15(16)23-11-19(20,21)22/h2-9,23H,1,10-11H2,(H,24,26). The summed E-state index contributed by atoms with van der Waals surface area (Å²) in [5, 5.41) is 4.78. The van der Waals surface area contributed by atoms with Crippen molar-refractivity contribution in [1.82, 2.24) is 4.90 Å². The van der Waals surface area contributed by atoms with Crippen molar-refractivity contribution in [2.75, 3.05) is 23.7 Å². The van der Waals surface area contributed by atoms with E-state index in [0.717, 1.165) is 0 Å². The van der Waals surface area contributed by atoms with E-state index in [9.17, 15) is 22.8 Å². The first-order valence-electron chi connectivity index (χ1n) is 8.06. The molecule has 0 spiro atoms. The predicted octanol–water partition coefficient (Wildman–Crippen LogP) is 3.73. The van der Waals surface area contributed by atoms with Crippen molar-refractivity contribution in [1.29, 1.82) is 0 Å². The molecule has 2 aromatic carbocycles. The van der Waals surface area contributed by atoms with Crippen LogP contribution in [0.25, 0.3) is 5.70 Å². The maximum absolute atomic E-state index is 12.4. The Morgan fingerprint density at radius 1 is 1.00 bits per heavy atom. The zero-order valence-corrected chi connectivity index (χ0v) is 14.1. The monoisotopic (exact) mass is 375 g/mol. The normalized spacial score (nSPS) is 13.5. The summed E-state index contributed by atoms with van der Waals surface area (Å²) in [5.74, 6) is -0.882.